The number of hydrogen-bond donors (Lipinski definition) is 1. The van der Waals surface area contributed by atoms with Crippen molar-refractivity contribution >= 4 is 22.7 Å². The molecule has 0 spiro atoms. The van der Waals surface area contributed by atoms with Crippen LogP contribution in [0.4, 0.5) is 0 Å². The standard InChI is InChI=1S/C15H17N3S2/c1-11-13(8-17-18(11)2)7-16-9-14-6-12(10-20-14)15-4-3-5-19-15/h3-6,8,10,16H,7,9H2,1-2H3. The maximum absolute atomic E-state index is 4.26. The van der Waals surface area contributed by atoms with E-state index in [1.54, 1.807) is 11.3 Å². The van der Waals surface area contributed by atoms with Gasteiger partial charge in [0.15, 0.2) is 0 Å². The molecule has 5 heteroatoms. The third kappa shape index (κ3) is 2.85. The van der Waals surface area contributed by atoms with Gasteiger partial charge in [-0.05, 0) is 29.8 Å². The molecule has 0 atom stereocenters. The predicted molar refractivity (Wildman–Crippen MR) is 86.1 cm³/mol. The van der Waals surface area contributed by atoms with Crippen molar-refractivity contribution in [1.29, 1.82) is 0 Å². The summed E-state index contributed by atoms with van der Waals surface area (Å²) in [5.74, 6) is 0. The molecule has 104 valence electrons. The average molecular weight is 303 g/mol. The van der Waals surface area contributed by atoms with E-state index in [1.807, 2.05) is 29.3 Å². The minimum Gasteiger partial charge on any atom is -0.308 e. The topological polar surface area (TPSA) is 29.9 Å². The van der Waals surface area contributed by atoms with Gasteiger partial charge < -0.3 is 5.32 Å². The summed E-state index contributed by atoms with van der Waals surface area (Å²) in [6.45, 7) is 3.88. The van der Waals surface area contributed by atoms with Crippen molar-refractivity contribution in [1.82, 2.24) is 15.1 Å². The van der Waals surface area contributed by atoms with E-state index < -0.39 is 0 Å². The second kappa shape index (κ2) is 5.91. The number of rotatable bonds is 5. The third-order valence-electron chi connectivity index (χ3n) is 3.41. The Kier molecular flexibility index (Phi) is 4.00. The summed E-state index contributed by atoms with van der Waals surface area (Å²) in [4.78, 5) is 2.71. The van der Waals surface area contributed by atoms with Crippen LogP contribution in [0.25, 0.3) is 10.4 Å². The molecule has 0 aliphatic carbocycles. The molecule has 3 aromatic heterocycles. The van der Waals surface area contributed by atoms with Crippen molar-refractivity contribution in [3.05, 3.63) is 51.3 Å². The fourth-order valence-corrected chi connectivity index (χ4v) is 3.73. The molecule has 3 heterocycles. The smallest absolute Gasteiger partial charge is 0.0537 e. The summed E-state index contributed by atoms with van der Waals surface area (Å²) < 4.78 is 1.91. The van der Waals surface area contributed by atoms with Gasteiger partial charge in [-0.25, -0.2) is 0 Å². The van der Waals surface area contributed by atoms with Crippen LogP contribution in [0.1, 0.15) is 16.1 Å². The Labute approximate surface area is 126 Å². The molecule has 0 radical (unpaired) electrons. The normalized spacial score (nSPS) is 11.1. The van der Waals surface area contributed by atoms with Crippen LogP contribution in [-0.4, -0.2) is 9.78 Å². The van der Waals surface area contributed by atoms with Gasteiger partial charge in [-0.2, -0.15) is 5.10 Å². The zero-order chi connectivity index (χ0) is 13.9. The lowest BCUT2D eigenvalue weighted by atomic mass is 10.2. The van der Waals surface area contributed by atoms with E-state index in [9.17, 15) is 0 Å². The van der Waals surface area contributed by atoms with E-state index in [1.165, 1.54) is 26.6 Å². The van der Waals surface area contributed by atoms with Crippen molar-refractivity contribution in [2.45, 2.75) is 20.0 Å². The minimum absolute atomic E-state index is 0.867. The van der Waals surface area contributed by atoms with Gasteiger partial charge in [-0.3, -0.25) is 4.68 Å². The predicted octanol–water partition coefficient (Wildman–Crippen LogP) is 3.81. The Morgan fingerprint density at radius 1 is 1.30 bits per heavy atom. The zero-order valence-corrected chi connectivity index (χ0v) is 13.2. The van der Waals surface area contributed by atoms with Crippen LogP contribution < -0.4 is 5.32 Å². The molecule has 0 aromatic carbocycles. The monoisotopic (exact) mass is 303 g/mol. The lowest BCUT2D eigenvalue weighted by Gasteiger charge is -2.02. The third-order valence-corrected chi connectivity index (χ3v) is 5.27. The molecule has 1 N–H and O–H groups in total. The van der Waals surface area contributed by atoms with Gasteiger partial charge in [-0.1, -0.05) is 6.07 Å². The first-order chi connectivity index (χ1) is 9.74. The Bertz CT molecular complexity index is 680. The van der Waals surface area contributed by atoms with Crippen LogP contribution in [0.5, 0.6) is 0 Å². The van der Waals surface area contributed by atoms with Gasteiger partial charge >= 0.3 is 0 Å². The summed E-state index contributed by atoms with van der Waals surface area (Å²) in [5, 5.41) is 12.1. The summed E-state index contributed by atoms with van der Waals surface area (Å²) in [6.07, 6.45) is 1.94. The van der Waals surface area contributed by atoms with Gasteiger partial charge in [-0.15, -0.1) is 22.7 Å². The fraction of sp³-hybridized carbons (Fsp3) is 0.267. The molecule has 0 aliphatic rings. The lowest BCUT2D eigenvalue weighted by Crippen LogP contribution is -2.12. The van der Waals surface area contributed by atoms with E-state index in [2.05, 4.69) is 46.3 Å². The molecular formula is C15H17N3S2. The van der Waals surface area contributed by atoms with Crippen LogP contribution in [-0.2, 0) is 20.1 Å². The van der Waals surface area contributed by atoms with Gasteiger partial charge in [0.2, 0.25) is 0 Å². The van der Waals surface area contributed by atoms with Crippen LogP contribution in [0.3, 0.4) is 0 Å². The highest BCUT2D eigenvalue weighted by atomic mass is 32.1. The number of thiophene rings is 2. The highest BCUT2D eigenvalue weighted by Crippen LogP contribution is 2.29. The maximum atomic E-state index is 4.26. The number of hydrogen-bond acceptors (Lipinski definition) is 4. The molecule has 0 saturated carbocycles. The van der Waals surface area contributed by atoms with Gasteiger partial charge in [0.25, 0.3) is 0 Å². The lowest BCUT2D eigenvalue weighted by molar-refractivity contribution is 0.691. The van der Waals surface area contributed by atoms with Crippen molar-refractivity contribution in [2.24, 2.45) is 7.05 Å². The molecule has 3 aromatic rings. The highest BCUT2D eigenvalue weighted by Gasteiger charge is 2.05. The van der Waals surface area contributed by atoms with E-state index in [0.29, 0.717) is 0 Å². The molecule has 0 fully saturated rings. The number of nitrogens with zero attached hydrogens (tertiary/aromatic N) is 2. The first kappa shape index (κ1) is 13.5. The number of aryl methyl sites for hydroxylation is 1. The Morgan fingerprint density at radius 2 is 2.20 bits per heavy atom. The molecule has 3 nitrogen and oxygen atoms in total. The summed E-state index contributed by atoms with van der Waals surface area (Å²) in [5.41, 5.74) is 3.82. The van der Waals surface area contributed by atoms with E-state index in [0.717, 1.165) is 13.1 Å². The van der Waals surface area contributed by atoms with Crippen LogP contribution in [0.2, 0.25) is 0 Å². The second-order valence-corrected chi connectivity index (χ2v) is 6.70. The van der Waals surface area contributed by atoms with Gasteiger partial charge in [0.1, 0.15) is 0 Å². The highest BCUT2D eigenvalue weighted by molar-refractivity contribution is 7.14. The number of aromatic nitrogens is 2. The molecule has 0 unspecified atom stereocenters. The van der Waals surface area contributed by atoms with Crippen molar-refractivity contribution in [3.63, 3.8) is 0 Å². The Balaban J connectivity index is 1.58. The van der Waals surface area contributed by atoms with Crippen LogP contribution in [0, 0.1) is 6.92 Å². The Morgan fingerprint density at radius 3 is 2.90 bits per heavy atom. The van der Waals surface area contributed by atoms with Crippen molar-refractivity contribution in [2.75, 3.05) is 0 Å². The number of nitrogens with one attached hydrogen (secondary N) is 1. The summed E-state index contributed by atoms with van der Waals surface area (Å²) >= 11 is 3.61. The van der Waals surface area contributed by atoms with Crippen molar-refractivity contribution < 1.29 is 0 Å². The average Bonchev–Trinajstić information content (AvgIpc) is 3.15. The molecule has 0 bridgehead atoms. The van der Waals surface area contributed by atoms with Crippen LogP contribution >= 0.6 is 22.7 Å². The van der Waals surface area contributed by atoms with Gasteiger partial charge in [0, 0.05) is 46.7 Å². The first-order valence-corrected chi connectivity index (χ1v) is 8.29. The Hall–Kier alpha value is -1.43. The molecule has 0 amide bonds. The molecular weight excluding hydrogens is 286 g/mol. The minimum atomic E-state index is 0.867. The van der Waals surface area contributed by atoms with E-state index in [4.69, 9.17) is 0 Å². The van der Waals surface area contributed by atoms with Gasteiger partial charge in [0.05, 0.1) is 6.20 Å². The maximum Gasteiger partial charge on any atom is 0.0537 e. The summed E-state index contributed by atoms with van der Waals surface area (Å²) in [7, 11) is 1.98. The molecule has 0 saturated heterocycles. The fourth-order valence-electron chi connectivity index (χ4n) is 2.08. The second-order valence-electron chi connectivity index (χ2n) is 4.76. The van der Waals surface area contributed by atoms with Crippen molar-refractivity contribution in [3.8, 4) is 10.4 Å². The quantitative estimate of drug-likeness (QED) is 0.777. The molecule has 20 heavy (non-hydrogen) atoms. The molecule has 0 aliphatic heterocycles. The molecule has 3 rings (SSSR count). The zero-order valence-electron chi connectivity index (χ0n) is 11.6. The largest absolute Gasteiger partial charge is 0.308 e. The van der Waals surface area contributed by atoms with E-state index in [-0.39, 0.29) is 0 Å². The van der Waals surface area contributed by atoms with Crippen LogP contribution in [0.15, 0.2) is 35.2 Å². The van der Waals surface area contributed by atoms with E-state index >= 15 is 0 Å². The summed E-state index contributed by atoms with van der Waals surface area (Å²) in [6, 6.07) is 6.54. The SMILES string of the molecule is Cc1c(CNCc2cc(-c3cccs3)cs2)cnn1C. The first-order valence-electron chi connectivity index (χ1n) is 6.53.